The van der Waals surface area contributed by atoms with Crippen LogP contribution in [-0.4, -0.2) is 55.7 Å². The predicted octanol–water partition coefficient (Wildman–Crippen LogP) is 4.88. The normalized spacial score (nSPS) is 17.2. The number of nitrogens with zero attached hydrogens (tertiary/aromatic N) is 1. The quantitative estimate of drug-likeness (QED) is 0.276. The van der Waals surface area contributed by atoms with E-state index in [1.54, 1.807) is 19.2 Å². The van der Waals surface area contributed by atoms with Gasteiger partial charge in [0.1, 0.15) is 5.41 Å². The minimum atomic E-state index is -0.632. The fourth-order valence-electron chi connectivity index (χ4n) is 5.79. The smallest absolute Gasteiger partial charge is 0.257 e. The second-order valence-corrected chi connectivity index (χ2v) is 10.4. The van der Waals surface area contributed by atoms with Gasteiger partial charge in [0.25, 0.3) is 5.91 Å². The van der Waals surface area contributed by atoms with Crippen molar-refractivity contribution in [2.24, 2.45) is 0 Å². The number of piperidine rings is 1. The average Bonchev–Trinajstić information content (AvgIpc) is 3.21. The maximum absolute atomic E-state index is 13.4. The fraction of sp³-hybridized carbons (Fsp3) is 0.400. The number of hydrogen-bond donors (Lipinski definition) is 2. The number of carbonyl (C=O) groups is 2. The largest absolute Gasteiger partial charge is 0.358 e. The van der Waals surface area contributed by atoms with Gasteiger partial charge in [-0.2, -0.15) is 0 Å². The molecule has 0 spiro atoms. The van der Waals surface area contributed by atoms with Crippen LogP contribution in [0.5, 0.6) is 0 Å². The summed E-state index contributed by atoms with van der Waals surface area (Å²) in [6, 6.07) is 16.9. The first kappa shape index (κ1) is 26.2. The Morgan fingerprint density at radius 3 is 2.22 bits per heavy atom. The molecular formula is C30H37N3O2S. The zero-order chi connectivity index (χ0) is 25.5. The molecule has 2 amide bonds. The second-order valence-electron chi connectivity index (χ2n) is 9.59. The number of hydrogen-bond acceptors (Lipinski definition) is 4. The topological polar surface area (TPSA) is 61.4 Å². The molecule has 2 aliphatic rings. The number of allylic oxidation sites excluding steroid dienone is 2. The van der Waals surface area contributed by atoms with Crippen LogP contribution in [0, 0.1) is 0 Å². The molecule has 1 fully saturated rings. The van der Waals surface area contributed by atoms with Crippen molar-refractivity contribution in [3.8, 4) is 11.1 Å². The Morgan fingerprint density at radius 2 is 1.67 bits per heavy atom. The lowest BCUT2D eigenvalue weighted by Gasteiger charge is -2.33. The van der Waals surface area contributed by atoms with Crippen LogP contribution in [0.25, 0.3) is 11.1 Å². The van der Waals surface area contributed by atoms with E-state index in [1.807, 2.05) is 18.4 Å². The van der Waals surface area contributed by atoms with Crippen molar-refractivity contribution in [3.05, 3.63) is 83.3 Å². The van der Waals surface area contributed by atoms with Crippen molar-refractivity contribution in [2.75, 3.05) is 32.9 Å². The summed E-state index contributed by atoms with van der Waals surface area (Å²) in [5, 5.41) is 6.14. The van der Waals surface area contributed by atoms with Crippen molar-refractivity contribution in [3.63, 3.8) is 0 Å². The maximum Gasteiger partial charge on any atom is 0.257 e. The lowest BCUT2D eigenvalue weighted by atomic mass is 9.73. The molecule has 2 N–H and O–H groups in total. The summed E-state index contributed by atoms with van der Waals surface area (Å²) in [6.45, 7) is 6.67. The number of amides is 2. The van der Waals surface area contributed by atoms with Crippen molar-refractivity contribution < 1.29 is 9.59 Å². The van der Waals surface area contributed by atoms with Crippen molar-refractivity contribution in [1.29, 1.82) is 0 Å². The fourth-order valence-corrected chi connectivity index (χ4v) is 6.27. The van der Waals surface area contributed by atoms with Crippen LogP contribution in [-0.2, 0) is 15.0 Å². The highest BCUT2D eigenvalue weighted by Crippen LogP contribution is 2.51. The molecule has 2 aromatic carbocycles. The molecule has 36 heavy (non-hydrogen) atoms. The molecule has 2 aromatic rings. The van der Waals surface area contributed by atoms with Gasteiger partial charge in [-0.05, 0) is 66.8 Å². The van der Waals surface area contributed by atoms with Gasteiger partial charge in [0.15, 0.2) is 0 Å². The highest BCUT2D eigenvalue weighted by atomic mass is 32.2. The summed E-state index contributed by atoms with van der Waals surface area (Å²) in [6.07, 6.45) is 10.1. The standard InChI is InChI=1S/C30H37N3O2S/c1-4-11-27(36-3)28(34)32-22-16-20-33(21-17-22)19-10-9-18-30(29(35)31-2)25-14-7-5-12-23(25)24-13-6-8-15-26(24)30/h4-8,11-15,22H,1,9-10,16-21H2,2-3H3,(H,31,35)(H,32,34)/b27-11-. The molecule has 0 unspecified atom stereocenters. The van der Waals surface area contributed by atoms with Crippen LogP contribution in [0.15, 0.2) is 72.2 Å². The number of fused-ring (bicyclic) bond motifs is 3. The number of nitrogens with one attached hydrogen (secondary N) is 2. The average molecular weight is 504 g/mol. The van der Waals surface area contributed by atoms with Crippen molar-refractivity contribution in [1.82, 2.24) is 15.5 Å². The van der Waals surface area contributed by atoms with Gasteiger partial charge in [-0.1, -0.05) is 67.6 Å². The Bertz CT molecular complexity index is 1090. The molecule has 190 valence electrons. The molecule has 4 rings (SSSR count). The van der Waals surface area contributed by atoms with Crippen molar-refractivity contribution >= 4 is 23.6 Å². The first-order chi connectivity index (χ1) is 17.5. The Balaban J connectivity index is 1.34. The van der Waals surface area contributed by atoms with E-state index in [0.717, 1.165) is 62.9 Å². The SMILES string of the molecule is C=C/C=C(\SC)C(=O)NC1CCN(CCCCC2(C(=O)NC)c3ccccc3-c3ccccc32)CC1. The van der Waals surface area contributed by atoms with E-state index in [9.17, 15) is 9.59 Å². The number of thioether (sulfide) groups is 1. The minimum absolute atomic E-state index is 0.00234. The van der Waals surface area contributed by atoms with Gasteiger partial charge in [0.2, 0.25) is 5.91 Å². The Kier molecular flexibility index (Phi) is 8.70. The summed E-state index contributed by atoms with van der Waals surface area (Å²) < 4.78 is 0. The third-order valence-corrected chi connectivity index (χ3v) is 8.35. The van der Waals surface area contributed by atoms with Crippen LogP contribution in [0.4, 0.5) is 0 Å². The van der Waals surface area contributed by atoms with Gasteiger partial charge in [-0.3, -0.25) is 9.59 Å². The molecular weight excluding hydrogens is 466 g/mol. The first-order valence-corrected chi connectivity index (χ1v) is 14.1. The third-order valence-electron chi connectivity index (χ3n) is 7.59. The number of likely N-dealkylation sites (N-methyl/N-ethyl adjacent to an activating group) is 1. The van der Waals surface area contributed by atoms with E-state index in [4.69, 9.17) is 0 Å². The Morgan fingerprint density at radius 1 is 1.06 bits per heavy atom. The van der Waals surface area contributed by atoms with Crippen LogP contribution in [0.2, 0.25) is 0 Å². The van der Waals surface area contributed by atoms with Crippen molar-refractivity contribution in [2.45, 2.75) is 43.6 Å². The molecule has 0 bridgehead atoms. The van der Waals surface area contributed by atoms with Crippen LogP contribution >= 0.6 is 11.8 Å². The lowest BCUT2D eigenvalue weighted by molar-refractivity contribution is -0.125. The molecule has 5 nitrogen and oxygen atoms in total. The van der Waals surface area contributed by atoms with E-state index >= 15 is 0 Å². The monoisotopic (exact) mass is 503 g/mol. The van der Waals surface area contributed by atoms with Gasteiger partial charge >= 0.3 is 0 Å². The summed E-state index contributed by atoms with van der Waals surface area (Å²) in [5.41, 5.74) is 3.96. The van der Waals surface area contributed by atoms with E-state index in [2.05, 4.69) is 58.5 Å². The zero-order valence-corrected chi connectivity index (χ0v) is 22.2. The number of benzene rings is 2. The summed E-state index contributed by atoms with van der Waals surface area (Å²) in [4.78, 5) is 29.1. The summed E-state index contributed by atoms with van der Waals surface area (Å²) in [7, 11) is 1.74. The van der Waals surface area contributed by atoms with Crippen LogP contribution in [0.1, 0.15) is 43.2 Å². The molecule has 1 saturated heterocycles. The highest BCUT2D eigenvalue weighted by Gasteiger charge is 2.47. The van der Waals surface area contributed by atoms with Gasteiger partial charge in [0.05, 0.1) is 4.91 Å². The van der Waals surface area contributed by atoms with Crippen LogP contribution < -0.4 is 10.6 Å². The van der Waals surface area contributed by atoms with Gasteiger partial charge in [-0.15, -0.1) is 11.8 Å². The molecule has 1 heterocycles. The van der Waals surface area contributed by atoms with Gasteiger partial charge in [-0.25, -0.2) is 0 Å². The maximum atomic E-state index is 13.4. The van der Waals surface area contributed by atoms with Gasteiger partial charge < -0.3 is 15.5 Å². The molecule has 0 aromatic heterocycles. The van der Waals surface area contributed by atoms with E-state index in [0.29, 0.717) is 4.91 Å². The molecule has 6 heteroatoms. The molecule has 1 aliphatic carbocycles. The molecule has 0 atom stereocenters. The van der Waals surface area contributed by atoms with Gasteiger partial charge in [0, 0.05) is 26.2 Å². The number of carbonyl (C=O) groups excluding carboxylic acids is 2. The zero-order valence-electron chi connectivity index (χ0n) is 21.4. The number of likely N-dealkylation sites (tertiary alicyclic amines) is 1. The number of rotatable bonds is 10. The molecule has 1 aliphatic heterocycles. The van der Waals surface area contributed by atoms with Crippen LogP contribution in [0.3, 0.4) is 0 Å². The highest BCUT2D eigenvalue weighted by molar-refractivity contribution is 8.03. The Labute approximate surface area is 219 Å². The first-order valence-electron chi connectivity index (χ1n) is 12.9. The third kappa shape index (κ3) is 5.16. The minimum Gasteiger partial charge on any atom is -0.358 e. The summed E-state index contributed by atoms with van der Waals surface area (Å²) in [5.74, 6) is 0.0732. The predicted molar refractivity (Wildman–Crippen MR) is 150 cm³/mol. The molecule has 0 saturated carbocycles. The second kappa shape index (κ2) is 11.9. The lowest BCUT2D eigenvalue weighted by Crippen LogP contribution is -2.45. The molecule has 0 radical (unpaired) electrons. The van der Waals surface area contributed by atoms with E-state index < -0.39 is 5.41 Å². The number of unbranched alkanes of at least 4 members (excludes halogenated alkanes) is 1. The summed E-state index contributed by atoms with van der Waals surface area (Å²) >= 11 is 1.45. The van der Waals surface area contributed by atoms with E-state index in [1.165, 1.54) is 22.9 Å². The van der Waals surface area contributed by atoms with E-state index in [-0.39, 0.29) is 17.9 Å². The Hall–Kier alpha value is -2.83.